The number of hydrogen-bond donors (Lipinski definition) is 2. The van der Waals surface area contributed by atoms with Gasteiger partial charge in [-0.15, -0.1) is 12.4 Å². The molecule has 1 aliphatic rings. The maximum absolute atomic E-state index is 12.4. The first-order valence-electron chi connectivity index (χ1n) is 8.69. The molecule has 8 nitrogen and oxygen atoms in total. The second-order valence-corrected chi connectivity index (χ2v) is 8.19. The van der Waals surface area contributed by atoms with E-state index in [1.54, 1.807) is 12.1 Å². The van der Waals surface area contributed by atoms with E-state index in [-0.39, 0.29) is 29.4 Å². The second-order valence-electron chi connectivity index (χ2n) is 6.42. The average molecular weight is 417 g/mol. The zero-order valence-electron chi connectivity index (χ0n) is 15.3. The van der Waals surface area contributed by atoms with Crippen molar-refractivity contribution in [3.05, 3.63) is 30.1 Å². The van der Waals surface area contributed by atoms with Crippen LogP contribution in [0.3, 0.4) is 0 Å². The fourth-order valence-corrected chi connectivity index (χ4v) is 3.76. The third-order valence-electron chi connectivity index (χ3n) is 4.39. The van der Waals surface area contributed by atoms with Crippen molar-refractivity contribution in [2.75, 3.05) is 20.2 Å². The Morgan fingerprint density at radius 2 is 2.04 bits per heavy atom. The van der Waals surface area contributed by atoms with Crippen molar-refractivity contribution in [2.45, 2.75) is 43.2 Å². The van der Waals surface area contributed by atoms with Gasteiger partial charge in [-0.25, -0.2) is 13.1 Å². The van der Waals surface area contributed by atoms with Crippen LogP contribution in [0.15, 0.2) is 33.7 Å². The third-order valence-corrected chi connectivity index (χ3v) is 5.83. The van der Waals surface area contributed by atoms with Crippen molar-refractivity contribution in [2.24, 2.45) is 0 Å². The quantitative estimate of drug-likeness (QED) is 0.675. The first-order valence-corrected chi connectivity index (χ1v) is 10.2. The van der Waals surface area contributed by atoms with Gasteiger partial charge in [0.15, 0.2) is 5.82 Å². The Bertz CT molecular complexity index is 820. The highest BCUT2D eigenvalue weighted by Crippen LogP contribution is 2.20. The summed E-state index contributed by atoms with van der Waals surface area (Å²) < 4.78 is 38.0. The van der Waals surface area contributed by atoms with E-state index in [1.807, 2.05) is 14.0 Å². The SMILES string of the molecule is CNC(C)Cc1noc(-c2ccc(S(=O)(=O)NCC3CCCO3)cc2)n1.Cl. The van der Waals surface area contributed by atoms with Crippen LogP contribution in [-0.2, 0) is 21.2 Å². The summed E-state index contributed by atoms with van der Waals surface area (Å²) in [5.74, 6) is 0.983. The van der Waals surface area contributed by atoms with E-state index >= 15 is 0 Å². The van der Waals surface area contributed by atoms with E-state index in [0.29, 0.717) is 36.9 Å². The molecule has 2 atom stereocenters. The Morgan fingerprint density at radius 3 is 2.67 bits per heavy atom. The van der Waals surface area contributed by atoms with Crippen LogP contribution in [0.2, 0.25) is 0 Å². The Morgan fingerprint density at radius 1 is 1.30 bits per heavy atom. The van der Waals surface area contributed by atoms with Crippen molar-refractivity contribution < 1.29 is 17.7 Å². The zero-order chi connectivity index (χ0) is 18.6. The highest BCUT2D eigenvalue weighted by Gasteiger charge is 2.20. The van der Waals surface area contributed by atoms with Crippen LogP contribution in [0.1, 0.15) is 25.6 Å². The van der Waals surface area contributed by atoms with Crippen molar-refractivity contribution in [3.63, 3.8) is 0 Å². The van der Waals surface area contributed by atoms with Gasteiger partial charge in [-0.1, -0.05) is 5.16 Å². The van der Waals surface area contributed by atoms with E-state index < -0.39 is 10.0 Å². The molecule has 0 radical (unpaired) electrons. The molecule has 1 saturated heterocycles. The van der Waals surface area contributed by atoms with Crippen molar-refractivity contribution >= 4 is 22.4 Å². The van der Waals surface area contributed by atoms with Gasteiger partial charge in [-0.05, 0) is 51.1 Å². The van der Waals surface area contributed by atoms with E-state index in [0.717, 1.165) is 12.8 Å². The molecule has 2 aromatic rings. The van der Waals surface area contributed by atoms with E-state index in [4.69, 9.17) is 9.26 Å². The molecule has 10 heteroatoms. The maximum Gasteiger partial charge on any atom is 0.257 e. The minimum atomic E-state index is -3.57. The summed E-state index contributed by atoms with van der Waals surface area (Å²) in [6.45, 7) is 3.01. The number of halogens is 1. The monoisotopic (exact) mass is 416 g/mol. The number of aromatic nitrogens is 2. The summed E-state index contributed by atoms with van der Waals surface area (Å²) in [7, 11) is -1.69. The molecule has 2 N–H and O–H groups in total. The standard InChI is InChI=1S/C17H24N4O4S.ClH/c1-12(18-2)10-16-20-17(25-21-16)13-5-7-15(8-6-13)26(22,23)19-11-14-4-3-9-24-14;/h5-8,12,14,18-19H,3-4,9-11H2,1-2H3;1H. The van der Waals surface area contributed by atoms with Crippen LogP contribution >= 0.6 is 12.4 Å². The zero-order valence-corrected chi connectivity index (χ0v) is 17.0. The van der Waals surface area contributed by atoms with Gasteiger partial charge in [-0.3, -0.25) is 0 Å². The van der Waals surface area contributed by atoms with Crippen LogP contribution < -0.4 is 10.0 Å². The molecule has 0 amide bonds. The number of sulfonamides is 1. The molecular weight excluding hydrogens is 392 g/mol. The van der Waals surface area contributed by atoms with Gasteiger partial charge >= 0.3 is 0 Å². The summed E-state index contributed by atoms with van der Waals surface area (Å²) >= 11 is 0. The fourth-order valence-electron chi connectivity index (χ4n) is 2.70. The van der Waals surface area contributed by atoms with E-state index in [9.17, 15) is 8.42 Å². The molecule has 0 bridgehead atoms. The highest BCUT2D eigenvalue weighted by molar-refractivity contribution is 7.89. The summed E-state index contributed by atoms with van der Waals surface area (Å²) in [5.41, 5.74) is 0.680. The van der Waals surface area contributed by atoms with E-state index in [1.165, 1.54) is 12.1 Å². The number of nitrogens with zero attached hydrogens (tertiary/aromatic N) is 2. The third kappa shape index (κ3) is 5.73. The lowest BCUT2D eigenvalue weighted by molar-refractivity contribution is 0.114. The van der Waals surface area contributed by atoms with Crippen LogP contribution in [-0.4, -0.2) is 50.9 Å². The molecule has 0 spiro atoms. The van der Waals surface area contributed by atoms with Gasteiger partial charge in [0.25, 0.3) is 5.89 Å². The van der Waals surface area contributed by atoms with Gasteiger partial charge in [-0.2, -0.15) is 4.98 Å². The lowest BCUT2D eigenvalue weighted by Crippen LogP contribution is -2.31. The second kappa shape index (κ2) is 9.61. The van der Waals surface area contributed by atoms with Gasteiger partial charge < -0.3 is 14.6 Å². The summed E-state index contributed by atoms with van der Waals surface area (Å²) in [6, 6.07) is 6.64. The first-order chi connectivity index (χ1) is 12.5. The molecule has 1 aromatic heterocycles. The van der Waals surface area contributed by atoms with Gasteiger partial charge in [0.1, 0.15) is 0 Å². The van der Waals surface area contributed by atoms with Crippen LogP contribution in [0.4, 0.5) is 0 Å². The van der Waals surface area contributed by atoms with Crippen LogP contribution in [0.5, 0.6) is 0 Å². The molecule has 2 unspecified atom stereocenters. The summed E-state index contributed by atoms with van der Waals surface area (Å²) in [4.78, 5) is 4.55. The van der Waals surface area contributed by atoms with Crippen molar-refractivity contribution in [1.82, 2.24) is 20.2 Å². The minimum Gasteiger partial charge on any atom is -0.377 e. The topological polar surface area (TPSA) is 106 Å². The molecule has 1 aliphatic heterocycles. The molecule has 2 heterocycles. The molecular formula is C17H25ClN4O4S. The number of ether oxygens (including phenoxy) is 1. The normalized spacial score (nSPS) is 18.2. The largest absolute Gasteiger partial charge is 0.377 e. The summed E-state index contributed by atoms with van der Waals surface area (Å²) in [6.07, 6.45) is 2.47. The lowest BCUT2D eigenvalue weighted by Gasteiger charge is -2.11. The van der Waals surface area contributed by atoms with Gasteiger partial charge in [0, 0.05) is 31.2 Å². The predicted molar refractivity (Wildman–Crippen MR) is 103 cm³/mol. The number of nitrogens with one attached hydrogen (secondary N) is 2. The fraction of sp³-hybridized carbons (Fsp3) is 0.529. The maximum atomic E-state index is 12.4. The molecule has 27 heavy (non-hydrogen) atoms. The summed E-state index contributed by atoms with van der Waals surface area (Å²) in [5, 5.41) is 7.07. The number of benzene rings is 1. The molecule has 1 aromatic carbocycles. The predicted octanol–water partition coefficient (Wildman–Crippen LogP) is 1.77. The lowest BCUT2D eigenvalue weighted by atomic mass is 10.2. The van der Waals surface area contributed by atoms with Gasteiger partial charge in [0.05, 0.1) is 11.0 Å². The smallest absolute Gasteiger partial charge is 0.257 e. The Labute approximate surface area is 165 Å². The molecule has 150 valence electrons. The highest BCUT2D eigenvalue weighted by atomic mass is 35.5. The molecule has 3 rings (SSSR count). The Hall–Kier alpha value is -1.52. The number of likely N-dealkylation sites (N-methyl/N-ethyl adjacent to an activating group) is 1. The number of rotatable bonds is 8. The van der Waals surface area contributed by atoms with Crippen LogP contribution in [0.25, 0.3) is 11.5 Å². The molecule has 1 fully saturated rings. The van der Waals surface area contributed by atoms with Crippen LogP contribution in [0, 0.1) is 0 Å². The van der Waals surface area contributed by atoms with Crippen molar-refractivity contribution in [1.29, 1.82) is 0 Å². The molecule has 0 aliphatic carbocycles. The Balaban J connectivity index is 0.00000261. The van der Waals surface area contributed by atoms with E-state index in [2.05, 4.69) is 20.2 Å². The molecule has 0 saturated carbocycles. The average Bonchev–Trinajstić information content (AvgIpc) is 3.32. The first kappa shape index (κ1) is 21.8. The number of hydrogen-bond acceptors (Lipinski definition) is 7. The van der Waals surface area contributed by atoms with Gasteiger partial charge in [0.2, 0.25) is 10.0 Å². The van der Waals surface area contributed by atoms with Crippen molar-refractivity contribution in [3.8, 4) is 11.5 Å². The Kier molecular flexibility index (Phi) is 7.75. The minimum absolute atomic E-state index is 0.